The Morgan fingerprint density at radius 3 is 2.61 bits per heavy atom. The Labute approximate surface area is 132 Å². The predicted octanol–water partition coefficient (Wildman–Crippen LogP) is 1.67. The summed E-state index contributed by atoms with van der Waals surface area (Å²) in [6.45, 7) is 1.84. The number of aliphatic imine (C=N–C) groups is 1. The van der Waals surface area contributed by atoms with Gasteiger partial charge in [-0.25, -0.2) is 4.39 Å². The van der Waals surface area contributed by atoms with Crippen molar-refractivity contribution in [2.24, 2.45) is 4.99 Å². The number of amides is 1. The standard InChI is InChI=1S/C17H15FN4O/c18-14-7-9(19)1-2-11(14)10-3-4-12(16-20-5-6-21-16)15-13(10)8-22-17(15)23/h1-4,7H,5-6,8,19H2,(H,20,21)(H,22,23). The number of rotatable bonds is 2. The third-order valence-corrected chi connectivity index (χ3v) is 4.18. The Balaban J connectivity index is 1.92. The number of benzene rings is 2. The van der Waals surface area contributed by atoms with Gasteiger partial charge in [0.2, 0.25) is 0 Å². The van der Waals surface area contributed by atoms with E-state index in [2.05, 4.69) is 15.6 Å². The molecule has 0 fully saturated rings. The number of nitrogen functional groups attached to an aromatic ring is 1. The molecule has 0 saturated carbocycles. The fourth-order valence-electron chi connectivity index (χ4n) is 3.13. The molecule has 0 aliphatic carbocycles. The zero-order chi connectivity index (χ0) is 16.0. The van der Waals surface area contributed by atoms with Crippen molar-refractivity contribution in [1.29, 1.82) is 0 Å². The van der Waals surface area contributed by atoms with E-state index in [0.717, 1.165) is 23.5 Å². The molecule has 2 aromatic carbocycles. The number of halogens is 1. The van der Waals surface area contributed by atoms with Crippen LogP contribution in [0.5, 0.6) is 0 Å². The highest BCUT2D eigenvalue weighted by atomic mass is 19.1. The molecule has 0 radical (unpaired) electrons. The number of hydrogen-bond donors (Lipinski definition) is 3. The van der Waals surface area contributed by atoms with Crippen molar-refractivity contribution in [3.63, 3.8) is 0 Å². The maximum absolute atomic E-state index is 14.3. The summed E-state index contributed by atoms with van der Waals surface area (Å²) in [7, 11) is 0. The smallest absolute Gasteiger partial charge is 0.252 e. The Hall–Kier alpha value is -2.89. The first kappa shape index (κ1) is 13.8. The SMILES string of the molecule is Nc1ccc(-c2ccc(C3=NCCN3)c3c2CNC3=O)c(F)c1. The van der Waals surface area contributed by atoms with Crippen LogP contribution in [0.4, 0.5) is 10.1 Å². The van der Waals surface area contributed by atoms with Gasteiger partial charge >= 0.3 is 0 Å². The van der Waals surface area contributed by atoms with E-state index >= 15 is 0 Å². The van der Waals surface area contributed by atoms with Gasteiger partial charge in [-0.1, -0.05) is 6.07 Å². The normalized spacial score (nSPS) is 15.9. The van der Waals surface area contributed by atoms with Crippen LogP contribution in [0, 0.1) is 5.82 Å². The summed E-state index contributed by atoms with van der Waals surface area (Å²) in [6.07, 6.45) is 0. The minimum Gasteiger partial charge on any atom is -0.399 e. The fraction of sp³-hybridized carbons (Fsp3) is 0.176. The average Bonchev–Trinajstić information content (AvgIpc) is 3.18. The number of nitrogens with two attached hydrogens (primary N) is 1. The van der Waals surface area contributed by atoms with Gasteiger partial charge in [0, 0.05) is 29.9 Å². The summed E-state index contributed by atoms with van der Waals surface area (Å²) >= 11 is 0. The maximum Gasteiger partial charge on any atom is 0.252 e. The molecule has 0 spiro atoms. The van der Waals surface area contributed by atoms with Crippen LogP contribution in [0.2, 0.25) is 0 Å². The summed E-state index contributed by atoms with van der Waals surface area (Å²) in [5.74, 6) is 0.183. The van der Waals surface area contributed by atoms with E-state index in [1.165, 1.54) is 6.07 Å². The first-order valence-electron chi connectivity index (χ1n) is 7.43. The second-order valence-corrected chi connectivity index (χ2v) is 5.59. The largest absolute Gasteiger partial charge is 0.399 e. The molecule has 23 heavy (non-hydrogen) atoms. The Kier molecular flexibility index (Phi) is 3.04. The Morgan fingerprint density at radius 2 is 1.87 bits per heavy atom. The van der Waals surface area contributed by atoms with Crippen molar-refractivity contribution in [1.82, 2.24) is 10.6 Å². The van der Waals surface area contributed by atoms with E-state index in [1.807, 2.05) is 12.1 Å². The highest BCUT2D eigenvalue weighted by Gasteiger charge is 2.28. The third kappa shape index (κ3) is 2.14. The number of nitrogens with zero attached hydrogens (tertiary/aromatic N) is 1. The summed E-state index contributed by atoms with van der Waals surface area (Å²) in [4.78, 5) is 16.6. The molecule has 0 saturated heterocycles. The van der Waals surface area contributed by atoms with Crippen LogP contribution in [-0.2, 0) is 6.54 Å². The highest BCUT2D eigenvalue weighted by molar-refractivity contribution is 6.13. The molecule has 0 bridgehead atoms. The number of anilines is 1. The molecule has 4 rings (SSSR count). The highest BCUT2D eigenvalue weighted by Crippen LogP contribution is 2.33. The van der Waals surface area contributed by atoms with Crippen LogP contribution in [0.1, 0.15) is 21.5 Å². The maximum atomic E-state index is 14.3. The van der Waals surface area contributed by atoms with Gasteiger partial charge in [-0.15, -0.1) is 0 Å². The molecule has 2 aliphatic heterocycles. The van der Waals surface area contributed by atoms with Gasteiger partial charge in [0.25, 0.3) is 5.91 Å². The molecular weight excluding hydrogens is 295 g/mol. The second kappa shape index (κ2) is 5.08. The van der Waals surface area contributed by atoms with Crippen LogP contribution >= 0.6 is 0 Å². The lowest BCUT2D eigenvalue weighted by atomic mass is 9.92. The van der Waals surface area contributed by atoms with Gasteiger partial charge in [0.15, 0.2) is 0 Å². The lowest BCUT2D eigenvalue weighted by Gasteiger charge is -2.13. The van der Waals surface area contributed by atoms with Crippen molar-refractivity contribution in [3.8, 4) is 11.1 Å². The first-order valence-corrected chi connectivity index (χ1v) is 7.43. The van der Waals surface area contributed by atoms with Gasteiger partial charge in [-0.05, 0) is 35.4 Å². The monoisotopic (exact) mass is 310 g/mol. The van der Waals surface area contributed by atoms with E-state index in [-0.39, 0.29) is 5.91 Å². The number of fused-ring (bicyclic) bond motifs is 1. The third-order valence-electron chi connectivity index (χ3n) is 4.18. The van der Waals surface area contributed by atoms with Crippen molar-refractivity contribution >= 4 is 17.4 Å². The van der Waals surface area contributed by atoms with E-state index in [0.29, 0.717) is 35.5 Å². The van der Waals surface area contributed by atoms with Crippen LogP contribution in [0.15, 0.2) is 35.3 Å². The van der Waals surface area contributed by atoms with E-state index < -0.39 is 5.82 Å². The quantitative estimate of drug-likeness (QED) is 0.738. The zero-order valence-electron chi connectivity index (χ0n) is 12.3. The number of amidine groups is 1. The molecule has 0 atom stereocenters. The van der Waals surface area contributed by atoms with Crippen molar-refractivity contribution < 1.29 is 9.18 Å². The van der Waals surface area contributed by atoms with Crippen molar-refractivity contribution in [3.05, 3.63) is 52.8 Å². The van der Waals surface area contributed by atoms with Crippen LogP contribution in [0.3, 0.4) is 0 Å². The van der Waals surface area contributed by atoms with Crippen molar-refractivity contribution in [2.45, 2.75) is 6.54 Å². The van der Waals surface area contributed by atoms with Gasteiger partial charge in [0.1, 0.15) is 11.7 Å². The molecule has 1 amide bonds. The van der Waals surface area contributed by atoms with Crippen LogP contribution in [-0.4, -0.2) is 24.8 Å². The van der Waals surface area contributed by atoms with E-state index in [9.17, 15) is 9.18 Å². The lowest BCUT2D eigenvalue weighted by Crippen LogP contribution is -2.23. The molecule has 4 N–H and O–H groups in total. The summed E-state index contributed by atoms with van der Waals surface area (Å²) < 4.78 is 14.3. The fourth-order valence-corrected chi connectivity index (χ4v) is 3.13. The van der Waals surface area contributed by atoms with Gasteiger partial charge in [-0.2, -0.15) is 0 Å². The van der Waals surface area contributed by atoms with E-state index in [1.54, 1.807) is 12.1 Å². The summed E-state index contributed by atoms with van der Waals surface area (Å²) in [5.41, 5.74) is 9.29. The molecular formula is C17H15FN4O. The summed E-state index contributed by atoms with van der Waals surface area (Å²) in [5, 5.41) is 6.00. The minimum atomic E-state index is -0.393. The molecule has 2 heterocycles. The zero-order valence-corrected chi connectivity index (χ0v) is 12.3. The number of carbonyl (C=O) groups is 1. The molecule has 2 aromatic rings. The molecule has 116 valence electrons. The molecule has 0 aromatic heterocycles. The molecule has 6 heteroatoms. The van der Waals surface area contributed by atoms with Crippen molar-refractivity contribution in [2.75, 3.05) is 18.8 Å². The summed E-state index contributed by atoms with van der Waals surface area (Å²) in [6, 6.07) is 8.26. The Morgan fingerprint density at radius 1 is 1.09 bits per heavy atom. The molecule has 2 aliphatic rings. The Bertz CT molecular complexity index is 860. The number of nitrogens with one attached hydrogen (secondary N) is 2. The predicted molar refractivity (Wildman–Crippen MR) is 86.8 cm³/mol. The van der Waals surface area contributed by atoms with Crippen LogP contribution < -0.4 is 16.4 Å². The molecule has 0 unspecified atom stereocenters. The van der Waals surface area contributed by atoms with E-state index in [4.69, 9.17) is 5.73 Å². The number of carbonyl (C=O) groups excluding carboxylic acids is 1. The van der Waals surface area contributed by atoms with Gasteiger partial charge < -0.3 is 16.4 Å². The minimum absolute atomic E-state index is 0.149. The average molecular weight is 310 g/mol. The number of hydrogen-bond acceptors (Lipinski definition) is 4. The lowest BCUT2D eigenvalue weighted by molar-refractivity contribution is 0.0965. The first-order chi connectivity index (χ1) is 11.1. The second-order valence-electron chi connectivity index (χ2n) is 5.59. The topological polar surface area (TPSA) is 79.5 Å². The molecule has 5 nitrogen and oxygen atoms in total. The van der Waals surface area contributed by atoms with Crippen LogP contribution in [0.25, 0.3) is 11.1 Å². The van der Waals surface area contributed by atoms with Gasteiger partial charge in [0.05, 0.1) is 12.1 Å². The van der Waals surface area contributed by atoms with Gasteiger partial charge in [-0.3, -0.25) is 9.79 Å².